The molecule has 0 saturated heterocycles. The molecule has 1 N–H and O–H groups in total. The predicted octanol–water partition coefficient (Wildman–Crippen LogP) is 3.83. The van der Waals surface area contributed by atoms with Crippen molar-refractivity contribution in [1.82, 2.24) is 9.13 Å². The van der Waals surface area contributed by atoms with Crippen LogP contribution in [-0.4, -0.2) is 15.0 Å². The van der Waals surface area contributed by atoms with Crippen molar-refractivity contribution < 1.29 is 4.79 Å². The molecule has 0 bridgehead atoms. The molecule has 6 nitrogen and oxygen atoms in total. The summed E-state index contributed by atoms with van der Waals surface area (Å²) in [4.78, 5) is 37.9. The minimum absolute atomic E-state index is 0.115. The summed E-state index contributed by atoms with van der Waals surface area (Å²) in [5, 5.41) is 5.19. The number of amides is 1. The second-order valence-electron chi connectivity index (χ2n) is 6.52. The monoisotopic (exact) mass is 425 g/mol. The molecule has 1 amide bonds. The predicted molar refractivity (Wildman–Crippen MR) is 110 cm³/mol. The third-order valence-electron chi connectivity index (χ3n) is 3.83. The summed E-state index contributed by atoms with van der Waals surface area (Å²) in [5.41, 5.74) is 0.0627. The summed E-state index contributed by atoms with van der Waals surface area (Å²) >= 11 is 13.1. The Morgan fingerprint density at radius 2 is 1.81 bits per heavy atom. The summed E-state index contributed by atoms with van der Waals surface area (Å²) in [7, 11) is 0. The van der Waals surface area contributed by atoms with E-state index in [1.807, 2.05) is 13.8 Å². The van der Waals surface area contributed by atoms with Crippen LogP contribution in [-0.2, 0) is 17.9 Å². The SMILES string of the molecule is CC(C)Cn1c(=O)c2sccc2n(CC(=O)Nc2cc(Cl)cc(Cl)c2)c1=O. The number of carbonyl (C=O) groups is 1. The first-order valence-electron chi connectivity index (χ1n) is 8.23. The summed E-state index contributed by atoms with van der Waals surface area (Å²) < 4.78 is 2.96. The Morgan fingerprint density at radius 3 is 2.44 bits per heavy atom. The van der Waals surface area contributed by atoms with Gasteiger partial charge in [0, 0.05) is 22.3 Å². The molecule has 2 heterocycles. The van der Waals surface area contributed by atoms with Gasteiger partial charge in [0.15, 0.2) is 0 Å². The number of hydrogen-bond acceptors (Lipinski definition) is 4. The van der Waals surface area contributed by atoms with Crippen LogP contribution in [0.2, 0.25) is 10.0 Å². The molecular formula is C18H17Cl2N3O3S. The number of carbonyl (C=O) groups excluding carboxylic acids is 1. The zero-order valence-electron chi connectivity index (χ0n) is 14.7. The Morgan fingerprint density at radius 1 is 1.15 bits per heavy atom. The quantitative estimate of drug-likeness (QED) is 0.674. The van der Waals surface area contributed by atoms with Gasteiger partial charge in [-0.25, -0.2) is 4.79 Å². The number of rotatable bonds is 5. The van der Waals surface area contributed by atoms with Crippen molar-refractivity contribution in [3.8, 4) is 0 Å². The molecule has 0 aliphatic rings. The van der Waals surface area contributed by atoms with E-state index in [2.05, 4.69) is 5.32 Å². The molecule has 0 aliphatic carbocycles. The molecule has 27 heavy (non-hydrogen) atoms. The maximum absolute atomic E-state index is 12.8. The topological polar surface area (TPSA) is 73.1 Å². The van der Waals surface area contributed by atoms with Gasteiger partial charge in [0.05, 0.1) is 5.52 Å². The molecule has 0 spiro atoms. The minimum Gasteiger partial charge on any atom is -0.324 e. The second kappa shape index (κ2) is 7.88. The smallest absolute Gasteiger partial charge is 0.324 e. The van der Waals surface area contributed by atoms with E-state index in [0.717, 1.165) is 0 Å². The van der Waals surface area contributed by atoms with Crippen LogP contribution >= 0.6 is 34.5 Å². The summed E-state index contributed by atoms with van der Waals surface area (Å²) in [6.07, 6.45) is 0. The lowest BCUT2D eigenvalue weighted by molar-refractivity contribution is -0.116. The molecular weight excluding hydrogens is 409 g/mol. The molecule has 0 saturated carbocycles. The lowest BCUT2D eigenvalue weighted by Crippen LogP contribution is -2.42. The molecule has 0 fully saturated rings. The lowest BCUT2D eigenvalue weighted by Gasteiger charge is -2.13. The average molecular weight is 426 g/mol. The van der Waals surface area contributed by atoms with Crippen LogP contribution in [0.5, 0.6) is 0 Å². The maximum Gasteiger partial charge on any atom is 0.332 e. The van der Waals surface area contributed by atoms with Crippen molar-refractivity contribution in [2.75, 3.05) is 5.32 Å². The fourth-order valence-corrected chi connectivity index (χ4v) is 4.15. The Balaban J connectivity index is 1.98. The summed E-state index contributed by atoms with van der Waals surface area (Å²) in [6.45, 7) is 3.90. The molecule has 0 atom stereocenters. The van der Waals surface area contributed by atoms with Crippen LogP contribution < -0.4 is 16.6 Å². The maximum atomic E-state index is 12.8. The number of halogens is 2. The van der Waals surface area contributed by atoms with Gasteiger partial charge >= 0.3 is 5.69 Å². The lowest BCUT2D eigenvalue weighted by atomic mass is 10.2. The van der Waals surface area contributed by atoms with Crippen LogP contribution in [0.15, 0.2) is 39.2 Å². The van der Waals surface area contributed by atoms with Crippen molar-refractivity contribution >= 4 is 56.3 Å². The van der Waals surface area contributed by atoms with Gasteiger partial charge in [-0.2, -0.15) is 0 Å². The number of anilines is 1. The Bertz CT molecular complexity index is 1110. The van der Waals surface area contributed by atoms with E-state index < -0.39 is 11.6 Å². The van der Waals surface area contributed by atoms with Crippen LogP contribution in [0.25, 0.3) is 10.2 Å². The highest BCUT2D eigenvalue weighted by atomic mass is 35.5. The number of aromatic nitrogens is 2. The standard InChI is InChI=1S/C18H17Cl2N3O3S/c1-10(2)8-23-17(25)16-14(3-4-27-16)22(18(23)26)9-15(24)21-13-6-11(19)5-12(20)7-13/h3-7,10H,8-9H2,1-2H3,(H,21,24). The van der Waals surface area contributed by atoms with E-state index in [0.29, 0.717) is 25.9 Å². The van der Waals surface area contributed by atoms with E-state index in [1.165, 1.54) is 20.5 Å². The third kappa shape index (κ3) is 4.26. The highest BCUT2D eigenvalue weighted by Gasteiger charge is 2.17. The number of fused-ring (bicyclic) bond motifs is 1. The van der Waals surface area contributed by atoms with Crippen molar-refractivity contribution in [1.29, 1.82) is 0 Å². The largest absolute Gasteiger partial charge is 0.332 e. The molecule has 2 aromatic heterocycles. The van der Waals surface area contributed by atoms with E-state index in [-0.39, 0.29) is 24.6 Å². The van der Waals surface area contributed by atoms with Crippen molar-refractivity contribution in [2.45, 2.75) is 26.9 Å². The van der Waals surface area contributed by atoms with E-state index in [9.17, 15) is 14.4 Å². The van der Waals surface area contributed by atoms with E-state index >= 15 is 0 Å². The highest BCUT2D eigenvalue weighted by Crippen LogP contribution is 2.22. The number of nitrogens with one attached hydrogen (secondary N) is 1. The van der Waals surface area contributed by atoms with Crippen LogP contribution in [0.1, 0.15) is 13.8 Å². The molecule has 0 aliphatic heterocycles. The fraction of sp³-hybridized carbons (Fsp3) is 0.278. The second-order valence-corrected chi connectivity index (χ2v) is 8.31. The van der Waals surface area contributed by atoms with Gasteiger partial charge in [0.2, 0.25) is 5.91 Å². The molecule has 3 aromatic rings. The van der Waals surface area contributed by atoms with Crippen LogP contribution in [0.4, 0.5) is 5.69 Å². The molecule has 0 radical (unpaired) electrons. The molecule has 3 rings (SSSR count). The van der Waals surface area contributed by atoms with Crippen LogP contribution in [0, 0.1) is 5.92 Å². The Hall–Kier alpha value is -2.09. The number of thiophene rings is 1. The van der Waals surface area contributed by atoms with Gasteiger partial charge in [-0.3, -0.25) is 18.7 Å². The molecule has 9 heteroatoms. The van der Waals surface area contributed by atoms with Gasteiger partial charge in [0.1, 0.15) is 11.2 Å². The Labute approximate surface area is 169 Å². The molecule has 142 valence electrons. The third-order valence-corrected chi connectivity index (χ3v) is 5.16. The first-order chi connectivity index (χ1) is 12.8. The van der Waals surface area contributed by atoms with Crippen molar-refractivity contribution in [2.24, 2.45) is 5.92 Å². The minimum atomic E-state index is -0.501. The number of hydrogen-bond donors (Lipinski definition) is 1. The normalized spacial score (nSPS) is 11.3. The zero-order valence-corrected chi connectivity index (χ0v) is 17.0. The zero-order chi connectivity index (χ0) is 19.7. The van der Waals surface area contributed by atoms with Gasteiger partial charge in [-0.15, -0.1) is 11.3 Å². The summed E-state index contributed by atoms with van der Waals surface area (Å²) in [6, 6.07) is 6.36. The number of benzene rings is 1. The molecule has 0 unspecified atom stereocenters. The first-order valence-corrected chi connectivity index (χ1v) is 9.86. The average Bonchev–Trinajstić information content (AvgIpc) is 3.04. The van der Waals surface area contributed by atoms with Crippen molar-refractivity contribution in [3.63, 3.8) is 0 Å². The highest BCUT2D eigenvalue weighted by molar-refractivity contribution is 7.17. The summed E-state index contributed by atoms with van der Waals surface area (Å²) in [5.74, 6) is -0.304. The van der Waals surface area contributed by atoms with Crippen molar-refractivity contribution in [3.05, 3.63) is 60.5 Å². The van der Waals surface area contributed by atoms with E-state index in [1.54, 1.807) is 29.6 Å². The van der Waals surface area contributed by atoms with Crippen LogP contribution in [0.3, 0.4) is 0 Å². The number of nitrogens with zero attached hydrogens (tertiary/aromatic N) is 2. The fourth-order valence-electron chi connectivity index (χ4n) is 2.78. The van der Waals surface area contributed by atoms with Gasteiger partial charge in [0.25, 0.3) is 5.56 Å². The van der Waals surface area contributed by atoms with Gasteiger partial charge < -0.3 is 5.32 Å². The van der Waals surface area contributed by atoms with Gasteiger partial charge in [-0.05, 0) is 35.6 Å². The first kappa shape index (κ1) is 19.7. The molecule has 1 aromatic carbocycles. The van der Waals surface area contributed by atoms with Gasteiger partial charge in [-0.1, -0.05) is 37.0 Å². The van der Waals surface area contributed by atoms with E-state index in [4.69, 9.17) is 23.2 Å². The Kier molecular flexibility index (Phi) is 5.74.